The Hall–Kier alpha value is -1.37. The largest absolute Gasteiger partial charge is 0.396 e. The number of nitrogen functional groups attached to an aromatic ring is 1. The van der Waals surface area contributed by atoms with E-state index in [-0.39, 0.29) is 17.4 Å². The first-order valence-corrected chi connectivity index (χ1v) is 6.21. The zero-order valence-electron chi connectivity index (χ0n) is 8.76. The van der Waals surface area contributed by atoms with E-state index < -0.39 is 15.0 Å². The normalized spacial score (nSPS) is 12.0. The summed E-state index contributed by atoms with van der Waals surface area (Å²) in [4.78, 5) is 11.5. The minimum Gasteiger partial charge on any atom is -0.396 e. The molecular formula is C8H13N3O3S. The van der Waals surface area contributed by atoms with Crippen LogP contribution in [-0.4, -0.2) is 29.6 Å². The fourth-order valence-corrected chi connectivity index (χ4v) is 1.72. The van der Waals surface area contributed by atoms with Crippen molar-refractivity contribution >= 4 is 20.6 Å². The standard InChI is InChI=1S/C8H13N3O3S/c1-5(2)11-7(6(9)4-10-11)8(12)15(3,13)14/h4-5H,9H2,1-3H3. The van der Waals surface area contributed by atoms with Crippen molar-refractivity contribution in [3.8, 4) is 0 Å². The molecule has 7 heteroatoms. The third kappa shape index (κ3) is 2.17. The van der Waals surface area contributed by atoms with Crippen LogP contribution in [-0.2, 0) is 9.84 Å². The van der Waals surface area contributed by atoms with E-state index in [4.69, 9.17) is 5.73 Å². The summed E-state index contributed by atoms with van der Waals surface area (Å²) in [5.74, 6) is 0. The fourth-order valence-electron chi connectivity index (χ4n) is 1.15. The van der Waals surface area contributed by atoms with Crippen LogP contribution < -0.4 is 5.73 Å². The molecule has 0 unspecified atom stereocenters. The summed E-state index contributed by atoms with van der Waals surface area (Å²) < 4.78 is 23.5. The minimum absolute atomic E-state index is 0.0625. The summed E-state index contributed by atoms with van der Waals surface area (Å²) in [7, 11) is -3.78. The van der Waals surface area contributed by atoms with Gasteiger partial charge in [-0.05, 0) is 13.8 Å². The predicted molar refractivity (Wildman–Crippen MR) is 56.2 cm³/mol. The van der Waals surface area contributed by atoms with Crippen molar-refractivity contribution in [2.24, 2.45) is 0 Å². The third-order valence-corrected chi connectivity index (χ3v) is 2.71. The van der Waals surface area contributed by atoms with E-state index >= 15 is 0 Å². The smallest absolute Gasteiger partial charge is 0.296 e. The number of carbonyl (C=O) groups excluding carboxylic acids is 1. The second kappa shape index (κ2) is 3.65. The predicted octanol–water partition coefficient (Wildman–Crippen LogP) is 0.231. The molecule has 1 rings (SSSR count). The summed E-state index contributed by atoms with van der Waals surface area (Å²) in [6.45, 7) is 3.57. The van der Waals surface area contributed by atoms with Gasteiger partial charge in [0.2, 0.25) is 9.84 Å². The quantitative estimate of drug-likeness (QED) is 0.786. The molecular weight excluding hydrogens is 218 g/mol. The topological polar surface area (TPSA) is 95.1 Å². The lowest BCUT2D eigenvalue weighted by atomic mass is 10.3. The van der Waals surface area contributed by atoms with Crippen LogP contribution in [0.3, 0.4) is 0 Å². The van der Waals surface area contributed by atoms with Gasteiger partial charge in [0.05, 0.1) is 11.9 Å². The van der Waals surface area contributed by atoms with E-state index in [0.717, 1.165) is 6.26 Å². The van der Waals surface area contributed by atoms with Crippen LogP contribution in [0.1, 0.15) is 30.4 Å². The Morgan fingerprint density at radius 1 is 1.53 bits per heavy atom. The first kappa shape index (κ1) is 11.7. The molecule has 0 fully saturated rings. The van der Waals surface area contributed by atoms with Gasteiger partial charge in [0.1, 0.15) is 5.69 Å². The molecule has 0 saturated heterocycles. The molecule has 0 spiro atoms. The van der Waals surface area contributed by atoms with Gasteiger partial charge in [-0.2, -0.15) is 5.10 Å². The van der Waals surface area contributed by atoms with Crippen LogP contribution >= 0.6 is 0 Å². The van der Waals surface area contributed by atoms with Crippen LogP contribution in [0, 0.1) is 0 Å². The highest BCUT2D eigenvalue weighted by molar-refractivity contribution is 8.06. The lowest BCUT2D eigenvalue weighted by molar-refractivity contribution is 0.106. The number of nitrogens with zero attached hydrogens (tertiary/aromatic N) is 2. The van der Waals surface area contributed by atoms with Gasteiger partial charge in [-0.15, -0.1) is 0 Å². The lowest BCUT2D eigenvalue weighted by Crippen LogP contribution is -2.20. The van der Waals surface area contributed by atoms with Gasteiger partial charge in [0, 0.05) is 12.3 Å². The van der Waals surface area contributed by atoms with Crippen LogP contribution in [0.2, 0.25) is 0 Å². The Bertz CT molecular complexity index is 487. The number of sulfone groups is 1. The Morgan fingerprint density at radius 2 is 2.07 bits per heavy atom. The van der Waals surface area contributed by atoms with Gasteiger partial charge in [0.25, 0.3) is 5.12 Å². The van der Waals surface area contributed by atoms with Gasteiger partial charge < -0.3 is 5.73 Å². The van der Waals surface area contributed by atoms with E-state index in [9.17, 15) is 13.2 Å². The first-order valence-electron chi connectivity index (χ1n) is 4.32. The molecule has 0 aliphatic heterocycles. The van der Waals surface area contributed by atoms with Crippen molar-refractivity contribution in [3.63, 3.8) is 0 Å². The van der Waals surface area contributed by atoms with Gasteiger partial charge >= 0.3 is 0 Å². The summed E-state index contributed by atoms with van der Waals surface area (Å²) in [5, 5.41) is 2.86. The van der Waals surface area contributed by atoms with E-state index in [0.29, 0.717) is 0 Å². The molecule has 0 atom stereocenters. The van der Waals surface area contributed by atoms with Gasteiger partial charge in [0.15, 0.2) is 0 Å². The molecule has 1 aromatic heterocycles. The number of carbonyl (C=O) groups is 1. The third-order valence-electron chi connectivity index (χ3n) is 1.84. The van der Waals surface area contributed by atoms with E-state index in [1.807, 2.05) is 0 Å². The number of aromatic nitrogens is 2. The number of nitrogens with two attached hydrogens (primary N) is 1. The maximum atomic E-state index is 11.5. The van der Waals surface area contributed by atoms with Crippen LogP contribution in [0.4, 0.5) is 5.69 Å². The molecule has 0 saturated carbocycles. The highest BCUT2D eigenvalue weighted by Crippen LogP contribution is 2.18. The van der Waals surface area contributed by atoms with Crippen molar-refractivity contribution in [1.29, 1.82) is 0 Å². The molecule has 0 amide bonds. The Kier molecular flexibility index (Phi) is 2.85. The first-order chi connectivity index (χ1) is 6.75. The second-order valence-corrected chi connectivity index (χ2v) is 5.46. The van der Waals surface area contributed by atoms with Crippen molar-refractivity contribution in [1.82, 2.24) is 9.78 Å². The summed E-state index contributed by atoms with van der Waals surface area (Å²) in [5.41, 5.74) is 5.53. The van der Waals surface area contributed by atoms with Crippen LogP contribution in [0.15, 0.2) is 6.20 Å². The molecule has 0 aliphatic rings. The highest BCUT2D eigenvalue weighted by atomic mass is 32.2. The van der Waals surface area contributed by atoms with Gasteiger partial charge in [-0.25, -0.2) is 8.42 Å². The number of hydrogen-bond acceptors (Lipinski definition) is 5. The second-order valence-electron chi connectivity index (χ2n) is 3.55. The molecule has 84 valence electrons. The Labute approximate surface area is 88.0 Å². The molecule has 0 aromatic carbocycles. The summed E-state index contributed by atoms with van der Waals surface area (Å²) in [6.07, 6.45) is 2.13. The minimum atomic E-state index is -3.78. The zero-order valence-corrected chi connectivity index (χ0v) is 9.58. The van der Waals surface area contributed by atoms with Crippen molar-refractivity contribution in [3.05, 3.63) is 11.9 Å². The number of hydrogen-bond donors (Lipinski definition) is 1. The van der Waals surface area contributed by atoms with E-state index in [1.165, 1.54) is 10.9 Å². The van der Waals surface area contributed by atoms with Crippen LogP contribution in [0.5, 0.6) is 0 Å². The van der Waals surface area contributed by atoms with Gasteiger partial charge in [-0.1, -0.05) is 0 Å². The Balaban J connectivity index is 3.37. The summed E-state index contributed by atoms with van der Waals surface area (Å²) in [6, 6.07) is -0.122. The highest BCUT2D eigenvalue weighted by Gasteiger charge is 2.26. The summed E-state index contributed by atoms with van der Waals surface area (Å²) >= 11 is 0. The molecule has 0 bridgehead atoms. The number of rotatable bonds is 2. The lowest BCUT2D eigenvalue weighted by Gasteiger charge is -2.09. The van der Waals surface area contributed by atoms with E-state index in [1.54, 1.807) is 13.8 Å². The molecule has 6 nitrogen and oxygen atoms in total. The molecule has 2 N–H and O–H groups in total. The molecule has 0 aliphatic carbocycles. The van der Waals surface area contributed by atoms with Crippen LogP contribution in [0.25, 0.3) is 0 Å². The maximum absolute atomic E-state index is 11.5. The molecule has 0 radical (unpaired) electrons. The average molecular weight is 231 g/mol. The molecule has 1 heterocycles. The van der Waals surface area contributed by atoms with Gasteiger partial charge in [-0.3, -0.25) is 9.48 Å². The van der Waals surface area contributed by atoms with Crippen molar-refractivity contribution in [2.45, 2.75) is 19.9 Å². The van der Waals surface area contributed by atoms with E-state index in [2.05, 4.69) is 5.10 Å². The average Bonchev–Trinajstić information content (AvgIpc) is 2.44. The monoisotopic (exact) mass is 231 g/mol. The fraction of sp³-hybridized carbons (Fsp3) is 0.500. The van der Waals surface area contributed by atoms with Crippen molar-refractivity contribution in [2.75, 3.05) is 12.0 Å². The zero-order chi connectivity index (χ0) is 11.8. The molecule has 1 aromatic rings. The number of anilines is 1. The molecule has 15 heavy (non-hydrogen) atoms. The SMILES string of the molecule is CC(C)n1ncc(N)c1C(=O)S(C)(=O)=O. The maximum Gasteiger partial charge on any atom is 0.296 e. The van der Waals surface area contributed by atoms with Crippen molar-refractivity contribution < 1.29 is 13.2 Å². The Morgan fingerprint density at radius 3 is 2.47 bits per heavy atom.